The molecule has 9 heteroatoms. The lowest BCUT2D eigenvalue weighted by atomic mass is 10.1. The summed E-state index contributed by atoms with van der Waals surface area (Å²) in [6.45, 7) is 0.355. The van der Waals surface area contributed by atoms with Crippen molar-refractivity contribution in [2.24, 2.45) is 5.73 Å². The molecule has 0 unspecified atom stereocenters. The monoisotopic (exact) mass is 303 g/mol. The van der Waals surface area contributed by atoms with Gasteiger partial charge in [0.25, 0.3) is 0 Å². The zero-order valence-corrected chi connectivity index (χ0v) is 11.3. The predicted molar refractivity (Wildman–Crippen MR) is 69.0 cm³/mol. The maximum absolute atomic E-state index is 13.5. The highest BCUT2D eigenvalue weighted by molar-refractivity contribution is 7.89. The van der Waals surface area contributed by atoms with Crippen molar-refractivity contribution in [3.8, 4) is 0 Å². The molecule has 1 aromatic rings. The number of rotatable bonds is 3. The lowest BCUT2D eigenvalue weighted by Crippen LogP contribution is -2.42. The van der Waals surface area contributed by atoms with Crippen LogP contribution in [-0.2, 0) is 10.0 Å². The van der Waals surface area contributed by atoms with E-state index in [-0.39, 0.29) is 19.1 Å². The smallest absolute Gasteiger partial charge is 0.324 e. The molecule has 1 aliphatic heterocycles. The minimum absolute atomic E-state index is 0.0797. The van der Waals surface area contributed by atoms with Crippen molar-refractivity contribution in [1.82, 2.24) is 4.31 Å². The van der Waals surface area contributed by atoms with E-state index in [1.165, 1.54) is 0 Å². The quantitative estimate of drug-likeness (QED) is 0.658. The van der Waals surface area contributed by atoms with Gasteiger partial charge in [-0.2, -0.15) is 8.70 Å². The molecule has 0 spiro atoms. The molecule has 2 N–H and O–H groups in total. The summed E-state index contributed by atoms with van der Waals surface area (Å²) in [5, 5.41) is 10.9. The Morgan fingerprint density at radius 1 is 1.35 bits per heavy atom. The fourth-order valence-corrected chi connectivity index (χ4v) is 3.77. The largest absolute Gasteiger partial charge is 0.328 e. The molecule has 0 amide bonds. The number of nitrogens with two attached hydrogens (primary N) is 1. The topological polar surface area (TPSA) is 107 Å². The molecule has 1 fully saturated rings. The van der Waals surface area contributed by atoms with Crippen LogP contribution in [0.15, 0.2) is 23.1 Å². The maximum Gasteiger partial charge on any atom is 0.324 e. The Balaban J connectivity index is 2.45. The van der Waals surface area contributed by atoms with Crippen molar-refractivity contribution >= 4 is 15.7 Å². The zero-order chi connectivity index (χ0) is 14.9. The van der Waals surface area contributed by atoms with Crippen molar-refractivity contribution in [3.05, 3.63) is 34.1 Å². The van der Waals surface area contributed by atoms with Crippen LogP contribution in [0.4, 0.5) is 10.1 Å². The molecular weight excluding hydrogens is 289 g/mol. The van der Waals surface area contributed by atoms with E-state index in [2.05, 4.69) is 0 Å². The number of piperidine rings is 1. The summed E-state index contributed by atoms with van der Waals surface area (Å²) in [6.07, 6.45) is 0.949. The van der Waals surface area contributed by atoms with Gasteiger partial charge in [0, 0.05) is 19.1 Å². The molecule has 7 nitrogen and oxygen atoms in total. The Hall–Kier alpha value is -1.58. The Labute approximate surface area is 115 Å². The van der Waals surface area contributed by atoms with E-state index < -0.39 is 31.3 Å². The SMILES string of the molecule is NC1CCN(S(=O)(=O)c2cccc(F)c2[N+](=O)[O-])CC1. The molecular formula is C11H14FN3O4S. The number of nitrogens with zero attached hydrogens (tertiary/aromatic N) is 2. The van der Waals surface area contributed by atoms with Gasteiger partial charge in [0.05, 0.1) is 4.92 Å². The van der Waals surface area contributed by atoms with Crippen LogP contribution in [0.1, 0.15) is 12.8 Å². The summed E-state index contributed by atoms with van der Waals surface area (Å²) in [5.41, 5.74) is 4.68. The van der Waals surface area contributed by atoms with E-state index in [1.807, 2.05) is 0 Å². The lowest BCUT2D eigenvalue weighted by Gasteiger charge is -2.29. The molecule has 0 radical (unpaired) electrons. The van der Waals surface area contributed by atoms with Crippen LogP contribution in [0.2, 0.25) is 0 Å². The average molecular weight is 303 g/mol. The van der Waals surface area contributed by atoms with Crippen LogP contribution < -0.4 is 5.73 Å². The van der Waals surface area contributed by atoms with Crippen molar-refractivity contribution in [1.29, 1.82) is 0 Å². The Kier molecular flexibility index (Phi) is 4.02. The number of hydrogen-bond donors (Lipinski definition) is 1. The van der Waals surface area contributed by atoms with E-state index in [0.29, 0.717) is 12.8 Å². The molecule has 0 atom stereocenters. The summed E-state index contributed by atoms with van der Waals surface area (Å²) >= 11 is 0. The summed E-state index contributed by atoms with van der Waals surface area (Å²) in [5.74, 6) is -1.16. The fraction of sp³-hybridized carbons (Fsp3) is 0.455. The molecule has 20 heavy (non-hydrogen) atoms. The van der Waals surface area contributed by atoms with Crippen LogP contribution in [0.5, 0.6) is 0 Å². The second-order valence-electron chi connectivity index (χ2n) is 4.59. The molecule has 2 rings (SSSR count). The highest BCUT2D eigenvalue weighted by Crippen LogP contribution is 2.30. The molecule has 1 aromatic carbocycles. The highest BCUT2D eigenvalue weighted by Gasteiger charge is 2.35. The van der Waals surface area contributed by atoms with E-state index in [4.69, 9.17) is 5.73 Å². The Morgan fingerprint density at radius 3 is 2.50 bits per heavy atom. The van der Waals surface area contributed by atoms with Crippen LogP contribution in [0, 0.1) is 15.9 Å². The minimum Gasteiger partial charge on any atom is -0.328 e. The molecule has 1 heterocycles. The number of nitro groups is 1. The molecule has 0 aromatic heterocycles. The van der Waals surface area contributed by atoms with Crippen LogP contribution in [-0.4, -0.2) is 36.8 Å². The van der Waals surface area contributed by atoms with E-state index in [1.54, 1.807) is 0 Å². The van der Waals surface area contributed by atoms with Gasteiger partial charge in [-0.1, -0.05) is 6.07 Å². The minimum atomic E-state index is -4.09. The normalized spacial score (nSPS) is 18.1. The number of nitro benzene ring substituents is 1. The third-order valence-corrected chi connectivity index (χ3v) is 5.18. The zero-order valence-electron chi connectivity index (χ0n) is 10.5. The number of benzene rings is 1. The Morgan fingerprint density at radius 2 is 1.95 bits per heavy atom. The first-order valence-electron chi connectivity index (χ1n) is 6.02. The molecule has 0 aliphatic carbocycles. The van der Waals surface area contributed by atoms with Crippen molar-refractivity contribution in [2.75, 3.05) is 13.1 Å². The number of para-hydroxylation sites is 1. The molecule has 0 saturated carbocycles. The first kappa shape index (κ1) is 14.8. The van der Waals surface area contributed by atoms with Crippen LogP contribution >= 0.6 is 0 Å². The molecule has 110 valence electrons. The van der Waals surface area contributed by atoms with Crippen molar-refractivity contribution in [3.63, 3.8) is 0 Å². The van der Waals surface area contributed by atoms with Gasteiger partial charge in [-0.15, -0.1) is 0 Å². The number of hydrogen-bond acceptors (Lipinski definition) is 5. The predicted octanol–water partition coefficient (Wildman–Crippen LogP) is 0.846. The summed E-state index contributed by atoms with van der Waals surface area (Å²) in [6, 6.07) is 2.98. The summed E-state index contributed by atoms with van der Waals surface area (Å²) in [4.78, 5) is 9.26. The highest BCUT2D eigenvalue weighted by atomic mass is 32.2. The van der Waals surface area contributed by atoms with Gasteiger partial charge in [0.2, 0.25) is 15.8 Å². The lowest BCUT2D eigenvalue weighted by molar-refractivity contribution is -0.390. The first-order valence-corrected chi connectivity index (χ1v) is 7.46. The third-order valence-electron chi connectivity index (χ3n) is 3.25. The van der Waals surface area contributed by atoms with E-state index in [9.17, 15) is 22.9 Å². The molecule has 1 saturated heterocycles. The van der Waals surface area contributed by atoms with Gasteiger partial charge in [0.15, 0.2) is 4.90 Å². The summed E-state index contributed by atoms with van der Waals surface area (Å²) in [7, 11) is -4.09. The summed E-state index contributed by atoms with van der Waals surface area (Å²) < 4.78 is 39.4. The third kappa shape index (κ3) is 2.65. The van der Waals surface area contributed by atoms with Gasteiger partial charge in [-0.05, 0) is 25.0 Å². The van der Waals surface area contributed by atoms with Gasteiger partial charge in [-0.25, -0.2) is 8.42 Å². The van der Waals surface area contributed by atoms with Gasteiger partial charge in [0.1, 0.15) is 0 Å². The van der Waals surface area contributed by atoms with E-state index in [0.717, 1.165) is 22.5 Å². The number of halogens is 1. The number of sulfonamides is 1. The second-order valence-corrected chi connectivity index (χ2v) is 6.49. The average Bonchev–Trinajstić information content (AvgIpc) is 2.38. The standard InChI is InChI=1S/C11H14FN3O4S/c12-9-2-1-3-10(11(9)15(16)17)20(18,19)14-6-4-8(13)5-7-14/h1-3,8H,4-7,13H2. The van der Waals surface area contributed by atoms with Crippen molar-refractivity contribution in [2.45, 2.75) is 23.8 Å². The second kappa shape index (κ2) is 5.43. The van der Waals surface area contributed by atoms with Gasteiger partial charge < -0.3 is 5.73 Å². The van der Waals surface area contributed by atoms with Crippen LogP contribution in [0.3, 0.4) is 0 Å². The fourth-order valence-electron chi connectivity index (χ4n) is 2.14. The molecule has 0 bridgehead atoms. The van der Waals surface area contributed by atoms with Gasteiger partial charge >= 0.3 is 5.69 Å². The van der Waals surface area contributed by atoms with Gasteiger partial charge in [-0.3, -0.25) is 10.1 Å². The van der Waals surface area contributed by atoms with Crippen LogP contribution in [0.25, 0.3) is 0 Å². The molecule has 1 aliphatic rings. The van der Waals surface area contributed by atoms with Crippen molar-refractivity contribution < 1.29 is 17.7 Å². The van der Waals surface area contributed by atoms with E-state index >= 15 is 0 Å². The maximum atomic E-state index is 13.5. The first-order chi connectivity index (χ1) is 9.34. The Bertz CT molecular complexity index is 627.